The molecule has 0 N–H and O–H groups in total. The van der Waals surface area contributed by atoms with E-state index in [9.17, 15) is 8.42 Å². The van der Waals surface area contributed by atoms with Gasteiger partial charge in [0.15, 0.2) is 9.84 Å². The third kappa shape index (κ3) is 4.96. The molecule has 212 valence electrons. The van der Waals surface area contributed by atoms with Crippen molar-refractivity contribution in [1.29, 1.82) is 0 Å². The molecule has 5 heteroatoms. The fourth-order valence-corrected chi connectivity index (χ4v) is 9.80. The lowest BCUT2D eigenvalue weighted by molar-refractivity contribution is 0.0648. The number of likely N-dealkylation sites (tertiary alicyclic amines) is 1. The molecule has 4 aliphatic rings. The standard InChI is InChI=1S/C34H48N2O2S/c1-33(2,3)39(37,38)31-16-14-30(15-17-31)36-24-26(25-36)23-35-21-18-29(19-22-35)34(28-11-5-6-12-28)20-8-10-27-9-4-7-13-32(27)34/h4,7,9,13-17,26,28-29H,5-6,8,10-12,18-25H2,1-3H3. The quantitative estimate of drug-likeness (QED) is 0.395. The fraction of sp³-hybridized carbons (Fsp3) is 0.647. The van der Waals surface area contributed by atoms with Gasteiger partial charge in [0.1, 0.15) is 0 Å². The van der Waals surface area contributed by atoms with Crippen LogP contribution in [0, 0.1) is 17.8 Å². The highest BCUT2D eigenvalue weighted by Gasteiger charge is 2.49. The van der Waals surface area contributed by atoms with Gasteiger partial charge in [0.2, 0.25) is 0 Å². The Morgan fingerprint density at radius 3 is 2.15 bits per heavy atom. The van der Waals surface area contributed by atoms with E-state index in [1.165, 1.54) is 77.4 Å². The molecule has 2 aromatic rings. The summed E-state index contributed by atoms with van der Waals surface area (Å²) in [6.07, 6.45) is 12.5. The van der Waals surface area contributed by atoms with Crippen molar-refractivity contribution in [2.24, 2.45) is 17.8 Å². The van der Waals surface area contributed by atoms with Crippen molar-refractivity contribution in [3.05, 3.63) is 59.7 Å². The van der Waals surface area contributed by atoms with Crippen LogP contribution in [-0.2, 0) is 21.7 Å². The van der Waals surface area contributed by atoms with E-state index in [2.05, 4.69) is 34.1 Å². The van der Waals surface area contributed by atoms with Crippen molar-refractivity contribution >= 4 is 15.5 Å². The van der Waals surface area contributed by atoms with E-state index in [4.69, 9.17) is 0 Å². The van der Waals surface area contributed by atoms with Crippen LogP contribution in [0.25, 0.3) is 0 Å². The Morgan fingerprint density at radius 2 is 1.49 bits per heavy atom. The highest BCUT2D eigenvalue weighted by Crippen LogP contribution is 2.55. The summed E-state index contributed by atoms with van der Waals surface area (Å²) in [5.74, 6) is 2.43. The second-order valence-corrected chi connectivity index (χ2v) is 16.7. The van der Waals surface area contributed by atoms with Gasteiger partial charge in [0.25, 0.3) is 0 Å². The molecule has 0 radical (unpaired) electrons. The first-order valence-electron chi connectivity index (χ1n) is 15.6. The van der Waals surface area contributed by atoms with Crippen molar-refractivity contribution in [2.75, 3.05) is 37.6 Å². The van der Waals surface area contributed by atoms with Crippen molar-refractivity contribution in [3.8, 4) is 0 Å². The van der Waals surface area contributed by atoms with Crippen LogP contribution in [0.4, 0.5) is 5.69 Å². The first-order chi connectivity index (χ1) is 18.7. The molecule has 6 rings (SSSR count). The molecule has 3 fully saturated rings. The monoisotopic (exact) mass is 548 g/mol. The number of rotatable bonds is 6. The lowest BCUT2D eigenvalue weighted by atomic mass is 9.54. The van der Waals surface area contributed by atoms with Gasteiger partial charge in [-0.25, -0.2) is 8.42 Å². The lowest BCUT2D eigenvalue weighted by Gasteiger charge is -2.52. The molecule has 2 heterocycles. The maximum Gasteiger partial charge on any atom is 0.183 e. The summed E-state index contributed by atoms with van der Waals surface area (Å²) in [5, 5.41) is 0. The smallest absolute Gasteiger partial charge is 0.183 e. The van der Waals surface area contributed by atoms with E-state index in [1.54, 1.807) is 44.0 Å². The molecule has 39 heavy (non-hydrogen) atoms. The Kier molecular flexibility index (Phi) is 7.37. The predicted molar refractivity (Wildman–Crippen MR) is 161 cm³/mol. The van der Waals surface area contributed by atoms with Crippen LogP contribution in [0.3, 0.4) is 0 Å². The zero-order chi connectivity index (χ0) is 27.3. The van der Waals surface area contributed by atoms with Gasteiger partial charge < -0.3 is 9.80 Å². The van der Waals surface area contributed by atoms with Gasteiger partial charge in [-0.1, -0.05) is 37.1 Å². The molecular formula is C34H48N2O2S. The van der Waals surface area contributed by atoms with Crippen molar-refractivity contribution in [2.45, 2.75) is 93.6 Å². The van der Waals surface area contributed by atoms with Crippen LogP contribution < -0.4 is 4.90 Å². The van der Waals surface area contributed by atoms with Crippen LogP contribution in [-0.4, -0.2) is 50.8 Å². The number of piperidine rings is 1. The Bertz CT molecular complexity index is 1240. The SMILES string of the molecule is CC(C)(C)S(=O)(=O)c1ccc(N2CC(CN3CCC(C4(C5CCCC5)CCCc5ccccc54)CC3)C2)cc1. The number of sulfone groups is 1. The second kappa shape index (κ2) is 10.5. The summed E-state index contributed by atoms with van der Waals surface area (Å²) in [6, 6.07) is 17.1. The third-order valence-corrected chi connectivity index (χ3v) is 13.3. The zero-order valence-corrected chi connectivity index (χ0v) is 25.2. The molecule has 2 aliphatic heterocycles. The summed E-state index contributed by atoms with van der Waals surface area (Å²) < 4.78 is 24.7. The largest absolute Gasteiger partial charge is 0.371 e. The maximum atomic E-state index is 12.8. The van der Waals surface area contributed by atoms with Crippen LogP contribution in [0.15, 0.2) is 53.4 Å². The van der Waals surface area contributed by atoms with E-state index in [1.807, 2.05) is 12.1 Å². The van der Waals surface area contributed by atoms with Crippen molar-refractivity contribution in [3.63, 3.8) is 0 Å². The molecular weight excluding hydrogens is 500 g/mol. The first-order valence-corrected chi connectivity index (χ1v) is 17.1. The fourth-order valence-electron chi connectivity index (χ4n) is 8.60. The van der Waals surface area contributed by atoms with Gasteiger partial charge in [-0.3, -0.25) is 0 Å². The predicted octanol–water partition coefficient (Wildman–Crippen LogP) is 6.87. The van der Waals surface area contributed by atoms with Gasteiger partial charge in [0, 0.05) is 36.7 Å². The number of hydrogen-bond acceptors (Lipinski definition) is 4. The topological polar surface area (TPSA) is 40.6 Å². The Hall–Kier alpha value is -1.85. The summed E-state index contributed by atoms with van der Waals surface area (Å²) in [6.45, 7) is 11.1. The van der Waals surface area contributed by atoms with E-state index < -0.39 is 14.6 Å². The Labute approximate surface area is 237 Å². The lowest BCUT2D eigenvalue weighted by Crippen LogP contribution is -2.54. The van der Waals surface area contributed by atoms with Gasteiger partial charge in [0.05, 0.1) is 9.64 Å². The number of anilines is 1. The third-order valence-electron chi connectivity index (χ3n) is 10.7. The minimum absolute atomic E-state index is 0.426. The molecule has 2 saturated heterocycles. The molecule has 2 aromatic carbocycles. The number of fused-ring (bicyclic) bond motifs is 1. The number of aryl methyl sites for hydroxylation is 1. The van der Waals surface area contributed by atoms with Gasteiger partial charge >= 0.3 is 0 Å². The van der Waals surface area contributed by atoms with E-state index in [-0.39, 0.29) is 0 Å². The van der Waals surface area contributed by atoms with Crippen LogP contribution in [0.2, 0.25) is 0 Å². The highest BCUT2D eigenvalue weighted by atomic mass is 32.2. The molecule has 1 saturated carbocycles. The summed E-state index contributed by atoms with van der Waals surface area (Å²) in [5.41, 5.74) is 4.96. The number of benzene rings is 2. The van der Waals surface area contributed by atoms with E-state index >= 15 is 0 Å². The Balaban J connectivity index is 1.05. The van der Waals surface area contributed by atoms with E-state index in [0.29, 0.717) is 16.2 Å². The second-order valence-electron chi connectivity index (χ2n) is 14.0. The van der Waals surface area contributed by atoms with Crippen LogP contribution in [0.5, 0.6) is 0 Å². The first kappa shape index (κ1) is 27.3. The zero-order valence-electron chi connectivity index (χ0n) is 24.4. The average Bonchev–Trinajstić information content (AvgIpc) is 3.46. The van der Waals surface area contributed by atoms with Crippen molar-refractivity contribution < 1.29 is 8.42 Å². The van der Waals surface area contributed by atoms with Gasteiger partial charge in [-0.15, -0.1) is 0 Å². The highest BCUT2D eigenvalue weighted by molar-refractivity contribution is 7.92. The molecule has 4 nitrogen and oxygen atoms in total. The number of nitrogens with zero attached hydrogens (tertiary/aromatic N) is 2. The van der Waals surface area contributed by atoms with Gasteiger partial charge in [-0.2, -0.15) is 0 Å². The summed E-state index contributed by atoms with van der Waals surface area (Å²) in [4.78, 5) is 5.57. The van der Waals surface area contributed by atoms with Crippen LogP contribution >= 0.6 is 0 Å². The minimum atomic E-state index is -3.30. The summed E-state index contributed by atoms with van der Waals surface area (Å²) >= 11 is 0. The molecule has 0 spiro atoms. The average molecular weight is 549 g/mol. The molecule has 0 bridgehead atoms. The van der Waals surface area contributed by atoms with E-state index in [0.717, 1.165) is 30.6 Å². The van der Waals surface area contributed by atoms with Gasteiger partial charge in [-0.05, 0) is 126 Å². The van der Waals surface area contributed by atoms with Crippen molar-refractivity contribution in [1.82, 2.24) is 4.90 Å². The minimum Gasteiger partial charge on any atom is -0.371 e. The summed E-state index contributed by atoms with van der Waals surface area (Å²) in [7, 11) is -3.30. The molecule has 1 atom stereocenters. The molecule has 1 unspecified atom stereocenters. The Morgan fingerprint density at radius 1 is 0.846 bits per heavy atom. The molecule has 0 amide bonds. The maximum absolute atomic E-state index is 12.8. The number of hydrogen-bond donors (Lipinski definition) is 0. The van der Waals surface area contributed by atoms with Crippen LogP contribution in [0.1, 0.15) is 83.3 Å². The normalized spacial score (nSPS) is 26.0. The molecule has 0 aromatic heterocycles. The molecule has 2 aliphatic carbocycles.